The molecule has 0 aliphatic heterocycles. The SMILES string of the molecule is CCCCCCCCCCCCCCCCCCCCC(=O)OC(C)COCCOCS(=O)(=O)[O-].[Na+]. The van der Waals surface area contributed by atoms with Crippen molar-refractivity contribution in [2.24, 2.45) is 0 Å². The maximum atomic E-state index is 11.9. The number of unbranched alkanes of at least 4 members (excludes halogenated alkanes) is 17. The average molecular weight is 545 g/mol. The van der Waals surface area contributed by atoms with Gasteiger partial charge in [0.1, 0.15) is 22.2 Å². The number of rotatable bonds is 27. The molecule has 9 heteroatoms. The summed E-state index contributed by atoms with van der Waals surface area (Å²) < 4.78 is 46.4. The second kappa shape index (κ2) is 28.3. The second-order valence-corrected chi connectivity index (χ2v) is 11.1. The van der Waals surface area contributed by atoms with Gasteiger partial charge in [-0.15, -0.1) is 0 Å². The van der Waals surface area contributed by atoms with Crippen molar-refractivity contribution in [3.8, 4) is 0 Å². The molecule has 0 bridgehead atoms. The number of hydrogen-bond donors (Lipinski definition) is 0. The maximum absolute atomic E-state index is 11.9. The Bertz CT molecular complexity index is 572. The van der Waals surface area contributed by atoms with Crippen molar-refractivity contribution in [1.82, 2.24) is 0 Å². The van der Waals surface area contributed by atoms with Crippen LogP contribution in [-0.2, 0) is 29.1 Å². The smallest absolute Gasteiger partial charge is 0.746 e. The zero-order chi connectivity index (χ0) is 26.0. The summed E-state index contributed by atoms with van der Waals surface area (Å²) in [5, 5.41) is 0. The third kappa shape index (κ3) is 32.3. The Morgan fingerprint density at radius 2 is 1.08 bits per heavy atom. The van der Waals surface area contributed by atoms with Crippen LogP contribution in [0.2, 0.25) is 0 Å². The van der Waals surface area contributed by atoms with E-state index in [1.54, 1.807) is 6.92 Å². The van der Waals surface area contributed by atoms with Gasteiger partial charge >= 0.3 is 35.5 Å². The first-order chi connectivity index (χ1) is 16.8. The Kier molecular flexibility index (Phi) is 30.2. The van der Waals surface area contributed by atoms with Gasteiger partial charge < -0.3 is 18.8 Å². The number of hydrogen-bond acceptors (Lipinski definition) is 7. The van der Waals surface area contributed by atoms with Crippen molar-refractivity contribution in [2.45, 2.75) is 142 Å². The van der Waals surface area contributed by atoms with Gasteiger partial charge in [-0.3, -0.25) is 4.79 Å². The van der Waals surface area contributed by atoms with E-state index in [4.69, 9.17) is 9.47 Å². The topological polar surface area (TPSA) is 102 Å². The molecule has 1 atom stereocenters. The van der Waals surface area contributed by atoms with Gasteiger partial charge in [-0.05, 0) is 13.3 Å². The van der Waals surface area contributed by atoms with Crippen molar-refractivity contribution in [3.05, 3.63) is 0 Å². The molecule has 0 aromatic heterocycles. The molecule has 0 heterocycles. The molecule has 0 saturated heterocycles. The van der Waals surface area contributed by atoms with E-state index in [1.165, 1.54) is 103 Å². The number of esters is 1. The van der Waals surface area contributed by atoms with E-state index in [0.717, 1.165) is 12.8 Å². The molecule has 0 saturated carbocycles. The van der Waals surface area contributed by atoms with Crippen molar-refractivity contribution in [2.75, 3.05) is 25.8 Å². The van der Waals surface area contributed by atoms with Crippen LogP contribution in [0.5, 0.6) is 0 Å². The Balaban J connectivity index is 0. The molecule has 0 N–H and O–H groups in total. The zero-order valence-electron chi connectivity index (χ0n) is 23.6. The van der Waals surface area contributed by atoms with E-state index in [-0.39, 0.29) is 61.5 Å². The van der Waals surface area contributed by atoms with Gasteiger partial charge in [-0.25, -0.2) is 8.42 Å². The molecule has 0 rings (SSSR count). The molecule has 210 valence electrons. The van der Waals surface area contributed by atoms with Crippen molar-refractivity contribution in [1.29, 1.82) is 0 Å². The standard InChI is InChI=1S/C27H54O7S.Na/c1-3-4-5-6-7-8-9-10-11-12-13-14-15-16-17-18-19-20-21-27(28)34-26(2)24-32-22-23-33-25-35(29,30)31;/h26H,3-25H2,1-2H3,(H,29,30,31);/q;+1/p-1. The Labute approximate surface area is 244 Å². The van der Waals surface area contributed by atoms with E-state index >= 15 is 0 Å². The Hall–Kier alpha value is 0.300. The van der Waals surface area contributed by atoms with Gasteiger partial charge in [0.25, 0.3) is 0 Å². The normalized spacial score (nSPS) is 12.3. The van der Waals surface area contributed by atoms with Crippen molar-refractivity contribution in [3.63, 3.8) is 0 Å². The molecule has 0 fully saturated rings. The minimum Gasteiger partial charge on any atom is -0.746 e. The van der Waals surface area contributed by atoms with E-state index < -0.39 is 16.1 Å². The summed E-state index contributed by atoms with van der Waals surface area (Å²) in [5.41, 5.74) is 0. The molecule has 0 aromatic carbocycles. The molecular weight excluding hydrogens is 491 g/mol. The largest absolute Gasteiger partial charge is 1.00 e. The van der Waals surface area contributed by atoms with Crippen LogP contribution in [0.3, 0.4) is 0 Å². The molecule has 0 aliphatic carbocycles. The first-order valence-corrected chi connectivity index (χ1v) is 15.7. The zero-order valence-corrected chi connectivity index (χ0v) is 26.4. The molecule has 7 nitrogen and oxygen atoms in total. The number of ether oxygens (including phenoxy) is 3. The molecule has 0 aliphatic rings. The van der Waals surface area contributed by atoms with Crippen LogP contribution in [0.4, 0.5) is 0 Å². The van der Waals surface area contributed by atoms with Gasteiger partial charge in [-0.2, -0.15) is 0 Å². The summed E-state index contributed by atoms with van der Waals surface area (Å²) in [4.78, 5) is 11.9. The summed E-state index contributed by atoms with van der Waals surface area (Å²) in [5.74, 6) is -1.08. The molecule has 1 unspecified atom stereocenters. The summed E-state index contributed by atoms with van der Waals surface area (Å²) in [6.45, 7) is 4.36. The monoisotopic (exact) mass is 544 g/mol. The van der Waals surface area contributed by atoms with Gasteiger partial charge in [0.2, 0.25) is 0 Å². The second-order valence-electron chi connectivity index (χ2n) is 9.72. The predicted octanol–water partition coefficient (Wildman–Crippen LogP) is 3.89. The van der Waals surface area contributed by atoms with Crippen molar-refractivity contribution < 1.29 is 61.5 Å². The molecule has 0 amide bonds. The molecule has 36 heavy (non-hydrogen) atoms. The number of carbonyl (C=O) groups is 1. The van der Waals surface area contributed by atoms with Gasteiger partial charge in [0.15, 0.2) is 0 Å². The third-order valence-electron chi connectivity index (χ3n) is 6.02. The third-order valence-corrected chi connectivity index (χ3v) is 6.47. The van der Waals surface area contributed by atoms with Crippen LogP contribution >= 0.6 is 0 Å². The van der Waals surface area contributed by atoms with Gasteiger partial charge in [-0.1, -0.05) is 116 Å². The van der Waals surface area contributed by atoms with Gasteiger partial charge in [0, 0.05) is 6.42 Å². The average Bonchev–Trinajstić information content (AvgIpc) is 2.79. The quantitative estimate of drug-likeness (QED) is 0.0669. The maximum Gasteiger partial charge on any atom is 1.00 e. The van der Waals surface area contributed by atoms with Crippen LogP contribution < -0.4 is 29.6 Å². The fourth-order valence-corrected chi connectivity index (χ4v) is 4.34. The summed E-state index contributed by atoms with van der Waals surface area (Å²) in [6, 6.07) is 0. The molecule has 0 radical (unpaired) electrons. The number of carbonyl (C=O) groups excluding carboxylic acids is 1. The first kappa shape index (κ1) is 38.4. The van der Waals surface area contributed by atoms with Crippen LogP contribution in [-0.4, -0.2) is 50.8 Å². The minimum atomic E-state index is -4.37. The molecular formula is C27H53NaO7S. The summed E-state index contributed by atoms with van der Waals surface area (Å²) >= 11 is 0. The Morgan fingerprint density at radius 1 is 0.694 bits per heavy atom. The van der Waals surface area contributed by atoms with E-state index in [9.17, 15) is 17.8 Å². The molecule has 0 spiro atoms. The fourth-order valence-electron chi connectivity index (χ4n) is 4.02. The Morgan fingerprint density at radius 3 is 1.50 bits per heavy atom. The molecule has 0 aromatic rings. The van der Waals surface area contributed by atoms with Crippen LogP contribution in [0.15, 0.2) is 0 Å². The van der Waals surface area contributed by atoms with E-state index in [1.807, 2.05) is 0 Å². The summed E-state index contributed by atoms with van der Waals surface area (Å²) in [7, 11) is -4.37. The van der Waals surface area contributed by atoms with Crippen LogP contribution in [0.1, 0.15) is 136 Å². The predicted molar refractivity (Wildman–Crippen MR) is 140 cm³/mol. The first-order valence-electron chi connectivity index (χ1n) is 14.1. The summed E-state index contributed by atoms with van der Waals surface area (Å²) in [6.07, 6.45) is 23.8. The van der Waals surface area contributed by atoms with Crippen molar-refractivity contribution >= 4 is 16.1 Å². The van der Waals surface area contributed by atoms with Crippen LogP contribution in [0.25, 0.3) is 0 Å². The fraction of sp³-hybridized carbons (Fsp3) is 0.963. The van der Waals surface area contributed by atoms with E-state index in [0.29, 0.717) is 6.42 Å². The minimum absolute atomic E-state index is 0. The van der Waals surface area contributed by atoms with E-state index in [2.05, 4.69) is 11.7 Å². The van der Waals surface area contributed by atoms with Gasteiger partial charge in [0.05, 0.1) is 19.8 Å². The van der Waals surface area contributed by atoms with Crippen LogP contribution in [0, 0.1) is 0 Å².